The summed E-state index contributed by atoms with van der Waals surface area (Å²) in [5.41, 5.74) is 0.815. The van der Waals surface area contributed by atoms with Crippen molar-refractivity contribution in [1.82, 2.24) is 5.32 Å². The van der Waals surface area contributed by atoms with Crippen LogP contribution < -0.4 is 5.32 Å². The first-order valence-corrected chi connectivity index (χ1v) is 6.80. The molecule has 1 aliphatic heterocycles. The molecule has 1 aromatic rings. The molecule has 18 heavy (non-hydrogen) atoms. The average molecular weight is 272 g/mol. The minimum atomic E-state index is -0.352. The Hall–Kier alpha value is -0.640. The molecule has 2 rings (SSSR count). The molecule has 2 nitrogen and oxygen atoms in total. The van der Waals surface area contributed by atoms with Crippen LogP contribution in [0.3, 0.4) is 0 Å². The van der Waals surface area contributed by atoms with Crippen LogP contribution in [0.25, 0.3) is 0 Å². The molecule has 0 saturated carbocycles. The summed E-state index contributed by atoms with van der Waals surface area (Å²) >= 11 is 5.93. The number of benzene rings is 1. The smallest absolute Gasteiger partial charge is 0.142 e. The van der Waals surface area contributed by atoms with Gasteiger partial charge in [-0.1, -0.05) is 23.7 Å². The Bertz CT molecular complexity index is 393. The minimum Gasteiger partial charge on any atom is -0.381 e. The van der Waals surface area contributed by atoms with E-state index in [2.05, 4.69) is 12.2 Å². The van der Waals surface area contributed by atoms with Gasteiger partial charge in [-0.3, -0.25) is 0 Å². The molecule has 0 aromatic heterocycles. The maximum absolute atomic E-state index is 13.3. The Kier molecular flexibility index (Phi) is 4.98. The van der Waals surface area contributed by atoms with Crippen molar-refractivity contribution in [2.24, 2.45) is 5.92 Å². The lowest BCUT2D eigenvalue weighted by molar-refractivity contribution is 0.0558. The number of halogens is 2. The number of hydrogen-bond donors (Lipinski definition) is 1. The van der Waals surface area contributed by atoms with Crippen molar-refractivity contribution in [1.29, 1.82) is 0 Å². The molecule has 1 atom stereocenters. The Morgan fingerprint density at radius 1 is 1.44 bits per heavy atom. The summed E-state index contributed by atoms with van der Waals surface area (Å²) in [6.07, 6.45) is 2.18. The summed E-state index contributed by atoms with van der Waals surface area (Å²) in [7, 11) is 0. The summed E-state index contributed by atoms with van der Waals surface area (Å²) < 4.78 is 18.6. The molecule has 1 fully saturated rings. The van der Waals surface area contributed by atoms with Gasteiger partial charge in [-0.15, -0.1) is 0 Å². The topological polar surface area (TPSA) is 21.3 Å². The van der Waals surface area contributed by atoms with E-state index in [1.807, 2.05) is 6.07 Å². The Labute approximate surface area is 112 Å². The highest BCUT2D eigenvalue weighted by Crippen LogP contribution is 2.21. The minimum absolute atomic E-state index is 0.226. The predicted octanol–water partition coefficient (Wildman–Crippen LogP) is 3.38. The second-order valence-electron chi connectivity index (χ2n) is 4.83. The van der Waals surface area contributed by atoms with Crippen LogP contribution in [0.2, 0.25) is 5.02 Å². The molecule has 1 saturated heterocycles. The van der Waals surface area contributed by atoms with Crippen LogP contribution in [0.4, 0.5) is 4.39 Å². The van der Waals surface area contributed by atoms with Crippen molar-refractivity contribution in [2.75, 3.05) is 13.2 Å². The summed E-state index contributed by atoms with van der Waals surface area (Å²) in [5.74, 6) is 0.278. The highest BCUT2D eigenvalue weighted by Gasteiger charge is 2.20. The van der Waals surface area contributed by atoms with E-state index >= 15 is 0 Å². The summed E-state index contributed by atoms with van der Waals surface area (Å²) in [6.45, 7) is 4.47. The molecule has 0 radical (unpaired) electrons. The van der Waals surface area contributed by atoms with Gasteiger partial charge in [0.1, 0.15) is 5.82 Å². The first-order valence-electron chi connectivity index (χ1n) is 6.42. The van der Waals surface area contributed by atoms with E-state index in [9.17, 15) is 4.39 Å². The Balaban J connectivity index is 1.88. The third-order valence-corrected chi connectivity index (χ3v) is 4.04. The number of ether oxygens (including phenoxy) is 1. The zero-order valence-corrected chi connectivity index (χ0v) is 11.3. The zero-order valence-electron chi connectivity index (χ0n) is 10.6. The van der Waals surface area contributed by atoms with E-state index in [-0.39, 0.29) is 10.8 Å². The first kappa shape index (κ1) is 13.8. The van der Waals surface area contributed by atoms with Crippen molar-refractivity contribution in [3.63, 3.8) is 0 Å². The van der Waals surface area contributed by atoms with Crippen LogP contribution in [0.1, 0.15) is 25.3 Å². The van der Waals surface area contributed by atoms with E-state index in [1.54, 1.807) is 6.07 Å². The molecule has 0 spiro atoms. The fourth-order valence-electron chi connectivity index (χ4n) is 2.34. The summed E-state index contributed by atoms with van der Waals surface area (Å²) in [4.78, 5) is 0. The van der Waals surface area contributed by atoms with Gasteiger partial charge in [-0.05, 0) is 37.3 Å². The van der Waals surface area contributed by atoms with Crippen LogP contribution in [0, 0.1) is 11.7 Å². The quantitative estimate of drug-likeness (QED) is 0.906. The molecule has 1 heterocycles. The lowest BCUT2D eigenvalue weighted by Crippen LogP contribution is -2.36. The third kappa shape index (κ3) is 3.44. The van der Waals surface area contributed by atoms with Crippen molar-refractivity contribution >= 4 is 11.6 Å². The van der Waals surface area contributed by atoms with Crippen LogP contribution in [0.15, 0.2) is 18.2 Å². The van der Waals surface area contributed by atoms with Crippen LogP contribution in [0.5, 0.6) is 0 Å². The summed E-state index contributed by atoms with van der Waals surface area (Å²) in [5, 5.41) is 3.66. The van der Waals surface area contributed by atoms with Gasteiger partial charge in [0.15, 0.2) is 0 Å². The molecule has 1 N–H and O–H groups in total. The van der Waals surface area contributed by atoms with Gasteiger partial charge in [-0.2, -0.15) is 0 Å². The monoisotopic (exact) mass is 271 g/mol. The largest absolute Gasteiger partial charge is 0.381 e. The molecule has 0 aliphatic carbocycles. The van der Waals surface area contributed by atoms with E-state index in [0.29, 0.717) is 18.5 Å². The molecule has 100 valence electrons. The van der Waals surface area contributed by atoms with Crippen LogP contribution >= 0.6 is 11.6 Å². The van der Waals surface area contributed by atoms with Crippen molar-refractivity contribution in [3.05, 3.63) is 34.6 Å². The van der Waals surface area contributed by atoms with Crippen molar-refractivity contribution in [3.8, 4) is 0 Å². The van der Waals surface area contributed by atoms with E-state index in [4.69, 9.17) is 16.3 Å². The van der Waals surface area contributed by atoms with Gasteiger partial charge in [0, 0.05) is 25.8 Å². The second kappa shape index (κ2) is 6.50. The number of rotatable bonds is 4. The fraction of sp³-hybridized carbons (Fsp3) is 0.571. The Morgan fingerprint density at radius 3 is 2.89 bits per heavy atom. The van der Waals surface area contributed by atoms with Crippen molar-refractivity contribution in [2.45, 2.75) is 32.4 Å². The normalized spacial score (nSPS) is 18.8. The van der Waals surface area contributed by atoms with Gasteiger partial charge in [0.05, 0.1) is 5.02 Å². The van der Waals surface area contributed by atoms with E-state index < -0.39 is 0 Å². The van der Waals surface area contributed by atoms with Crippen molar-refractivity contribution < 1.29 is 9.13 Å². The van der Waals surface area contributed by atoms with E-state index in [0.717, 1.165) is 31.6 Å². The number of nitrogens with one attached hydrogen (secondary N) is 1. The molecule has 4 heteroatoms. The summed E-state index contributed by atoms with van der Waals surface area (Å²) in [6, 6.07) is 5.33. The maximum atomic E-state index is 13.3. The number of hydrogen-bond acceptors (Lipinski definition) is 2. The van der Waals surface area contributed by atoms with Gasteiger partial charge < -0.3 is 10.1 Å². The highest BCUT2D eigenvalue weighted by atomic mass is 35.5. The fourth-order valence-corrected chi connectivity index (χ4v) is 2.53. The SMILES string of the molecule is CC(NCc1cccc(F)c1Cl)C1CCOCC1. The Morgan fingerprint density at radius 2 is 2.17 bits per heavy atom. The molecule has 1 aromatic carbocycles. The van der Waals surface area contributed by atoms with Crippen LogP contribution in [-0.2, 0) is 11.3 Å². The highest BCUT2D eigenvalue weighted by molar-refractivity contribution is 6.31. The molecule has 1 unspecified atom stereocenters. The van der Waals surface area contributed by atoms with Gasteiger partial charge in [0.2, 0.25) is 0 Å². The standard InChI is InChI=1S/C14H19ClFNO/c1-10(11-5-7-18-8-6-11)17-9-12-3-2-4-13(16)14(12)15/h2-4,10-11,17H,5-9H2,1H3. The molecular formula is C14H19ClFNO. The first-order chi connectivity index (χ1) is 8.68. The maximum Gasteiger partial charge on any atom is 0.142 e. The molecule has 1 aliphatic rings. The van der Waals surface area contributed by atoms with Gasteiger partial charge >= 0.3 is 0 Å². The van der Waals surface area contributed by atoms with E-state index in [1.165, 1.54) is 6.07 Å². The second-order valence-corrected chi connectivity index (χ2v) is 5.21. The zero-order chi connectivity index (χ0) is 13.0. The third-order valence-electron chi connectivity index (χ3n) is 3.62. The molecule has 0 amide bonds. The molecular weight excluding hydrogens is 253 g/mol. The van der Waals surface area contributed by atoms with Gasteiger partial charge in [0.25, 0.3) is 0 Å². The predicted molar refractivity (Wildman–Crippen MR) is 71.3 cm³/mol. The lowest BCUT2D eigenvalue weighted by Gasteiger charge is -2.28. The van der Waals surface area contributed by atoms with Gasteiger partial charge in [-0.25, -0.2) is 4.39 Å². The lowest BCUT2D eigenvalue weighted by atomic mass is 9.93. The molecule has 0 bridgehead atoms. The van der Waals surface area contributed by atoms with Crippen LogP contribution in [-0.4, -0.2) is 19.3 Å². The average Bonchev–Trinajstić information content (AvgIpc) is 2.41.